The van der Waals surface area contributed by atoms with Crippen LogP contribution in [0.5, 0.6) is 5.75 Å². The van der Waals surface area contributed by atoms with Crippen molar-refractivity contribution in [2.45, 2.75) is 26.5 Å². The van der Waals surface area contributed by atoms with E-state index in [9.17, 15) is 4.79 Å². The van der Waals surface area contributed by atoms with Gasteiger partial charge in [0.15, 0.2) is 0 Å². The number of carbonyl (C=O) groups excluding carboxylic acids is 1. The van der Waals surface area contributed by atoms with Crippen LogP contribution < -0.4 is 10.5 Å². The molecule has 0 amide bonds. The van der Waals surface area contributed by atoms with Crippen LogP contribution in [0.2, 0.25) is 0 Å². The number of rotatable bonds is 8. The normalized spacial score (nSPS) is 10.9. The number of hydrogen-bond donors (Lipinski definition) is 1. The molecule has 4 rings (SSSR count). The number of fused-ring (bicyclic) bond motifs is 1. The van der Waals surface area contributed by atoms with E-state index >= 15 is 0 Å². The summed E-state index contributed by atoms with van der Waals surface area (Å²) in [7, 11) is 0. The molecule has 0 fully saturated rings. The molecular weight excluding hydrogens is 406 g/mol. The molecule has 0 unspecified atom stereocenters. The van der Waals surface area contributed by atoms with Gasteiger partial charge in [0.05, 0.1) is 6.61 Å². The highest BCUT2D eigenvalue weighted by molar-refractivity contribution is 7.17. The number of nitrogens with two attached hydrogens (primary N) is 1. The summed E-state index contributed by atoms with van der Waals surface area (Å²) in [5.41, 5.74) is 11.5. The van der Waals surface area contributed by atoms with Crippen molar-refractivity contribution in [2.24, 2.45) is 5.73 Å². The molecule has 4 aromatic rings. The van der Waals surface area contributed by atoms with Gasteiger partial charge in [-0.05, 0) is 63.5 Å². The number of para-hydroxylation sites is 1. The zero-order valence-electron chi connectivity index (χ0n) is 17.5. The zero-order valence-corrected chi connectivity index (χ0v) is 18.3. The third-order valence-electron chi connectivity index (χ3n) is 5.15. The quantitative estimate of drug-likeness (QED) is 0.363. The molecule has 0 aliphatic heterocycles. The van der Waals surface area contributed by atoms with Gasteiger partial charge < -0.3 is 15.2 Å². The van der Waals surface area contributed by atoms with Crippen molar-refractivity contribution in [3.8, 4) is 16.9 Å². The van der Waals surface area contributed by atoms with E-state index in [-0.39, 0.29) is 5.97 Å². The Bertz CT molecular complexity index is 1200. The first-order valence-corrected chi connectivity index (χ1v) is 11.2. The molecule has 1 aromatic heterocycles. The monoisotopic (exact) mass is 431 g/mol. The first-order chi connectivity index (χ1) is 15.1. The molecule has 31 heavy (non-hydrogen) atoms. The highest BCUT2D eigenvalue weighted by Crippen LogP contribution is 2.34. The minimum atomic E-state index is -0.270. The van der Waals surface area contributed by atoms with E-state index in [0.29, 0.717) is 26.2 Å². The van der Waals surface area contributed by atoms with E-state index in [4.69, 9.17) is 15.2 Å². The largest absolute Gasteiger partial charge is 0.489 e. The molecular formula is C26H25NO3S. The van der Waals surface area contributed by atoms with Gasteiger partial charge in [-0.15, -0.1) is 11.3 Å². The predicted molar refractivity (Wildman–Crippen MR) is 126 cm³/mol. The number of esters is 1. The minimum absolute atomic E-state index is 0.270. The number of hydrogen-bond acceptors (Lipinski definition) is 5. The second-order valence-corrected chi connectivity index (χ2v) is 8.31. The standard InChI is InChI=1S/C26H25NO3S/c1-18(28)29-11-9-21-6-2-3-8-25(21)30-17-20-14-24(23-10-12-31-26(23)15-20)22-7-4-5-19(13-22)16-27/h2-8,10,12-15H,9,11,16-17,27H2,1H3. The Morgan fingerprint density at radius 1 is 1.00 bits per heavy atom. The predicted octanol–water partition coefficient (Wildman–Crippen LogP) is 5.71. The molecule has 2 N–H and O–H groups in total. The van der Waals surface area contributed by atoms with Gasteiger partial charge in [-0.2, -0.15) is 0 Å². The molecule has 3 aromatic carbocycles. The lowest BCUT2D eigenvalue weighted by Crippen LogP contribution is -2.05. The van der Waals surface area contributed by atoms with Crippen molar-refractivity contribution < 1.29 is 14.3 Å². The molecule has 0 spiro atoms. The van der Waals surface area contributed by atoms with Crippen molar-refractivity contribution in [2.75, 3.05) is 6.61 Å². The van der Waals surface area contributed by atoms with Gasteiger partial charge >= 0.3 is 5.97 Å². The fourth-order valence-corrected chi connectivity index (χ4v) is 4.51. The van der Waals surface area contributed by atoms with E-state index in [2.05, 4.69) is 41.8 Å². The minimum Gasteiger partial charge on any atom is -0.489 e. The number of thiophene rings is 1. The zero-order chi connectivity index (χ0) is 21.6. The van der Waals surface area contributed by atoms with Crippen molar-refractivity contribution in [3.05, 3.63) is 88.8 Å². The second-order valence-electron chi connectivity index (χ2n) is 7.37. The Morgan fingerprint density at radius 2 is 1.87 bits per heavy atom. The summed E-state index contributed by atoms with van der Waals surface area (Å²) in [5.74, 6) is 0.543. The summed E-state index contributed by atoms with van der Waals surface area (Å²) in [6.07, 6.45) is 0.622. The smallest absolute Gasteiger partial charge is 0.302 e. The molecule has 0 saturated heterocycles. The first kappa shape index (κ1) is 21.1. The lowest BCUT2D eigenvalue weighted by Gasteiger charge is -2.13. The summed E-state index contributed by atoms with van der Waals surface area (Å²) in [6, 6.07) is 22.8. The fourth-order valence-electron chi connectivity index (χ4n) is 3.63. The highest BCUT2D eigenvalue weighted by atomic mass is 32.1. The van der Waals surface area contributed by atoms with Crippen LogP contribution >= 0.6 is 11.3 Å². The average molecular weight is 432 g/mol. The molecule has 0 bridgehead atoms. The Hall–Kier alpha value is -3.15. The van der Waals surface area contributed by atoms with E-state index in [0.717, 1.165) is 28.0 Å². The number of ether oxygens (including phenoxy) is 2. The van der Waals surface area contributed by atoms with Crippen LogP contribution in [0.15, 0.2) is 72.1 Å². The summed E-state index contributed by atoms with van der Waals surface area (Å²) in [5, 5.41) is 3.36. The van der Waals surface area contributed by atoms with Crippen molar-refractivity contribution in [3.63, 3.8) is 0 Å². The third kappa shape index (κ3) is 5.13. The summed E-state index contributed by atoms with van der Waals surface area (Å²) >= 11 is 1.73. The van der Waals surface area contributed by atoms with Crippen LogP contribution in [0.3, 0.4) is 0 Å². The maximum atomic E-state index is 11.0. The van der Waals surface area contributed by atoms with Crippen LogP contribution in [-0.4, -0.2) is 12.6 Å². The van der Waals surface area contributed by atoms with E-state index in [1.165, 1.54) is 22.6 Å². The summed E-state index contributed by atoms with van der Waals surface area (Å²) in [6.45, 7) is 2.75. The van der Waals surface area contributed by atoms with Gasteiger partial charge in [0.1, 0.15) is 12.4 Å². The van der Waals surface area contributed by atoms with Gasteiger partial charge in [0.2, 0.25) is 0 Å². The molecule has 4 nitrogen and oxygen atoms in total. The van der Waals surface area contributed by atoms with Gasteiger partial charge in [-0.1, -0.05) is 36.4 Å². The number of carbonyl (C=O) groups is 1. The molecule has 0 atom stereocenters. The highest BCUT2D eigenvalue weighted by Gasteiger charge is 2.10. The summed E-state index contributed by atoms with van der Waals surface area (Å²) in [4.78, 5) is 11.0. The van der Waals surface area contributed by atoms with Crippen molar-refractivity contribution in [1.29, 1.82) is 0 Å². The Balaban J connectivity index is 1.58. The average Bonchev–Trinajstić information content (AvgIpc) is 3.26. The Morgan fingerprint density at radius 3 is 2.71 bits per heavy atom. The third-order valence-corrected chi connectivity index (χ3v) is 6.01. The molecule has 0 aliphatic carbocycles. The van der Waals surface area contributed by atoms with Crippen LogP contribution in [0.1, 0.15) is 23.6 Å². The SMILES string of the molecule is CC(=O)OCCc1ccccc1OCc1cc(-c2cccc(CN)c2)c2ccsc2c1. The van der Waals surface area contributed by atoms with E-state index in [1.54, 1.807) is 11.3 Å². The molecule has 1 heterocycles. The number of benzene rings is 3. The van der Waals surface area contributed by atoms with Gasteiger partial charge in [0, 0.05) is 30.0 Å². The van der Waals surface area contributed by atoms with Crippen LogP contribution in [-0.2, 0) is 29.1 Å². The Labute approximate surface area is 186 Å². The topological polar surface area (TPSA) is 61.5 Å². The van der Waals surface area contributed by atoms with E-state index < -0.39 is 0 Å². The summed E-state index contributed by atoms with van der Waals surface area (Å²) < 4.78 is 12.5. The lowest BCUT2D eigenvalue weighted by atomic mass is 9.98. The van der Waals surface area contributed by atoms with E-state index in [1.807, 2.05) is 30.3 Å². The van der Waals surface area contributed by atoms with Crippen molar-refractivity contribution in [1.82, 2.24) is 0 Å². The molecule has 158 valence electrons. The maximum Gasteiger partial charge on any atom is 0.302 e. The van der Waals surface area contributed by atoms with Gasteiger partial charge in [-0.3, -0.25) is 4.79 Å². The maximum absolute atomic E-state index is 11.0. The molecule has 0 saturated carbocycles. The fraction of sp³-hybridized carbons (Fsp3) is 0.192. The van der Waals surface area contributed by atoms with Gasteiger partial charge in [0.25, 0.3) is 0 Å². The Kier molecular flexibility index (Phi) is 6.65. The molecule has 5 heteroatoms. The lowest BCUT2D eigenvalue weighted by molar-refractivity contribution is -0.140. The second kappa shape index (κ2) is 9.77. The molecule has 0 aliphatic rings. The van der Waals surface area contributed by atoms with Crippen LogP contribution in [0.4, 0.5) is 0 Å². The van der Waals surface area contributed by atoms with Crippen LogP contribution in [0, 0.1) is 0 Å². The van der Waals surface area contributed by atoms with Gasteiger partial charge in [-0.25, -0.2) is 0 Å². The van der Waals surface area contributed by atoms with Crippen molar-refractivity contribution >= 4 is 27.4 Å². The molecule has 0 radical (unpaired) electrons. The van der Waals surface area contributed by atoms with Crippen LogP contribution in [0.25, 0.3) is 21.2 Å². The first-order valence-electron chi connectivity index (χ1n) is 10.3.